The monoisotopic (exact) mass is 362 g/mol. The average molecular weight is 363 g/mol. The first-order chi connectivity index (χ1) is 12.6. The van der Waals surface area contributed by atoms with E-state index in [0.717, 1.165) is 62.8 Å². The Kier molecular flexibility index (Phi) is 9.14. The maximum absolute atomic E-state index is 14.2. The van der Waals surface area contributed by atoms with Crippen LogP contribution in [0.5, 0.6) is 5.75 Å². The molecule has 0 heterocycles. The van der Waals surface area contributed by atoms with Crippen molar-refractivity contribution in [3.05, 3.63) is 29.6 Å². The van der Waals surface area contributed by atoms with Crippen LogP contribution in [0, 0.1) is 17.7 Å². The Morgan fingerprint density at radius 3 is 2.38 bits per heavy atom. The molecule has 3 heteroatoms. The number of halogens is 1. The molecule has 0 amide bonds. The molecule has 1 aliphatic carbocycles. The van der Waals surface area contributed by atoms with Gasteiger partial charge in [0.15, 0.2) is 11.6 Å². The van der Waals surface area contributed by atoms with Crippen LogP contribution in [0.15, 0.2) is 18.2 Å². The van der Waals surface area contributed by atoms with Gasteiger partial charge in [-0.2, -0.15) is 0 Å². The van der Waals surface area contributed by atoms with Gasteiger partial charge in [0.25, 0.3) is 0 Å². The predicted octanol–water partition coefficient (Wildman–Crippen LogP) is 6.85. The van der Waals surface area contributed by atoms with Crippen LogP contribution in [0.3, 0.4) is 0 Å². The summed E-state index contributed by atoms with van der Waals surface area (Å²) in [5, 5.41) is 0. The summed E-state index contributed by atoms with van der Waals surface area (Å²) < 4.78 is 19.6. The van der Waals surface area contributed by atoms with Crippen molar-refractivity contribution in [3.63, 3.8) is 0 Å². The largest absolute Gasteiger partial charge is 0.423 e. The minimum Gasteiger partial charge on any atom is -0.423 e. The van der Waals surface area contributed by atoms with Gasteiger partial charge in [-0.25, -0.2) is 4.39 Å². The van der Waals surface area contributed by atoms with E-state index in [1.54, 1.807) is 6.07 Å². The molecule has 0 saturated heterocycles. The quantitative estimate of drug-likeness (QED) is 0.258. The summed E-state index contributed by atoms with van der Waals surface area (Å²) >= 11 is 0. The zero-order valence-corrected chi connectivity index (χ0v) is 16.6. The lowest BCUT2D eigenvalue weighted by atomic mass is 9.80. The Bertz CT molecular complexity index is 547. The van der Waals surface area contributed by atoms with Crippen LogP contribution in [-0.2, 0) is 11.2 Å². The highest BCUT2D eigenvalue weighted by molar-refractivity contribution is 5.75. The second kappa shape index (κ2) is 11.4. The molecule has 0 aromatic heterocycles. The maximum Gasteiger partial charge on any atom is 0.314 e. The molecule has 0 N–H and O–H groups in total. The predicted molar refractivity (Wildman–Crippen MR) is 105 cm³/mol. The number of carbonyl (C=O) groups excluding carboxylic acids is 1. The molecular formula is C23H35FO2. The van der Waals surface area contributed by atoms with E-state index < -0.39 is 5.82 Å². The van der Waals surface area contributed by atoms with Gasteiger partial charge < -0.3 is 4.74 Å². The fourth-order valence-electron chi connectivity index (χ4n) is 3.92. The van der Waals surface area contributed by atoms with E-state index in [1.165, 1.54) is 31.7 Å². The minimum atomic E-state index is -0.416. The van der Waals surface area contributed by atoms with Gasteiger partial charge >= 0.3 is 5.97 Å². The summed E-state index contributed by atoms with van der Waals surface area (Å²) in [6, 6.07) is 5.01. The third-order valence-electron chi connectivity index (χ3n) is 5.67. The summed E-state index contributed by atoms with van der Waals surface area (Å²) in [5.74, 6) is 0.0975. The summed E-state index contributed by atoms with van der Waals surface area (Å²) in [4.78, 5) is 12.4. The van der Waals surface area contributed by atoms with Gasteiger partial charge in [0.1, 0.15) is 0 Å². The van der Waals surface area contributed by atoms with Crippen LogP contribution in [0.2, 0.25) is 0 Å². The van der Waals surface area contributed by atoms with E-state index in [9.17, 15) is 9.18 Å². The van der Waals surface area contributed by atoms with Crippen molar-refractivity contribution >= 4 is 5.97 Å². The molecule has 2 rings (SSSR count). The van der Waals surface area contributed by atoms with Crippen molar-refractivity contribution in [1.82, 2.24) is 0 Å². The Morgan fingerprint density at radius 1 is 1.04 bits per heavy atom. The number of rotatable bonds is 10. The lowest BCUT2D eigenvalue weighted by Gasteiger charge is -2.27. The first-order valence-electron chi connectivity index (χ1n) is 10.6. The molecule has 0 atom stereocenters. The third kappa shape index (κ3) is 6.74. The molecule has 146 valence electrons. The van der Waals surface area contributed by atoms with Gasteiger partial charge in [-0.15, -0.1) is 0 Å². The molecule has 1 aromatic carbocycles. The van der Waals surface area contributed by atoms with Gasteiger partial charge in [-0.05, 0) is 62.1 Å². The maximum atomic E-state index is 14.2. The summed E-state index contributed by atoms with van der Waals surface area (Å²) in [6.07, 6.45) is 13.3. The number of unbranched alkanes of at least 4 members (excludes halogenated alkanes) is 4. The number of hydrogen-bond acceptors (Lipinski definition) is 2. The minimum absolute atomic E-state index is 0.0685. The molecule has 1 aromatic rings. The fourth-order valence-corrected chi connectivity index (χ4v) is 3.92. The van der Waals surface area contributed by atoms with Gasteiger partial charge in [0.2, 0.25) is 0 Å². The molecule has 0 aliphatic heterocycles. The van der Waals surface area contributed by atoms with Gasteiger partial charge in [0.05, 0.1) is 5.92 Å². The van der Waals surface area contributed by atoms with E-state index in [0.29, 0.717) is 0 Å². The van der Waals surface area contributed by atoms with E-state index in [-0.39, 0.29) is 17.6 Å². The third-order valence-corrected chi connectivity index (χ3v) is 5.67. The highest BCUT2D eigenvalue weighted by Gasteiger charge is 2.28. The standard InChI is InChI=1S/C23H35FO2/c1-3-5-7-9-18-11-14-20(15-12-18)23(25)26-22-16-13-19(17-21(22)24)10-8-6-4-2/h13,16-18,20H,3-12,14-15H2,1-2H3. The van der Waals surface area contributed by atoms with Crippen molar-refractivity contribution in [2.45, 2.75) is 90.9 Å². The molecule has 0 spiro atoms. The van der Waals surface area contributed by atoms with Crippen molar-refractivity contribution < 1.29 is 13.9 Å². The normalized spacial score (nSPS) is 20.1. The van der Waals surface area contributed by atoms with Crippen LogP contribution < -0.4 is 4.74 Å². The zero-order valence-electron chi connectivity index (χ0n) is 16.6. The lowest BCUT2D eigenvalue weighted by Crippen LogP contribution is -2.26. The summed E-state index contributed by atoms with van der Waals surface area (Å²) in [5.41, 5.74) is 0.975. The topological polar surface area (TPSA) is 26.3 Å². The zero-order chi connectivity index (χ0) is 18.8. The number of aryl methyl sites for hydroxylation is 1. The van der Waals surface area contributed by atoms with E-state index in [1.807, 2.05) is 6.07 Å². The second-order valence-electron chi connectivity index (χ2n) is 7.86. The molecule has 0 radical (unpaired) electrons. The van der Waals surface area contributed by atoms with Crippen LogP contribution in [0.1, 0.15) is 90.0 Å². The van der Waals surface area contributed by atoms with E-state index >= 15 is 0 Å². The van der Waals surface area contributed by atoms with Crippen molar-refractivity contribution in [3.8, 4) is 5.75 Å². The van der Waals surface area contributed by atoms with Crippen molar-refractivity contribution in [2.24, 2.45) is 11.8 Å². The second-order valence-corrected chi connectivity index (χ2v) is 7.86. The fraction of sp³-hybridized carbons (Fsp3) is 0.696. The molecule has 1 fully saturated rings. The van der Waals surface area contributed by atoms with Crippen LogP contribution in [0.4, 0.5) is 4.39 Å². The molecule has 2 nitrogen and oxygen atoms in total. The first kappa shape index (κ1) is 20.9. The van der Waals surface area contributed by atoms with Crippen molar-refractivity contribution in [1.29, 1.82) is 0 Å². The molecule has 0 unspecified atom stereocenters. The summed E-state index contributed by atoms with van der Waals surface area (Å²) in [6.45, 7) is 4.38. The van der Waals surface area contributed by atoms with Gasteiger partial charge in [0, 0.05) is 0 Å². The van der Waals surface area contributed by atoms with Crippen LogP contribution in [0.25, 0.3) is 0 Å². The molecule has 0 bridgehead atoms. The van der Waals surface area contributed by atoms with E-state index in [2.05, 4.69) is 13.8 Å². The number of ether oxygens (including phenoxy) is 1. The SMILES string of the molecule is CCCCCc1ccc(OC(=O)C2CCC(CCCCC)CC2)c(F)c1. The Labute approximate surface area is 158 Å². The lowest BCUT2D eigenvalue weighted by molar-refractivity contribution is -0.140. The average Bonchev–Trinajstić information content (AvgIpc) is 2.65. The number of carbonyl (C=O) groups is 1. The summed E-state index contributed by atoms with van der Waals surface area (Å²) in [7, 11) is 0. The van der Waals surface area contributed by atoms with Crippen molar-refractivity contribution in [2.75, 3.05) is 0 Å². The van der Waals surface area contributed by atoms with Gasteiger partial charge in [-0.1, -0.05) is 58.4 Å². The van der Waals surface area contributed by atoms with Gasteiger partial charge in [-0.3, -0.25) is 4.79 Å². The number of hydrogen-bond donors (Lipinski definition) is 0. The Morgan fingerprint density at radius 2 is 1.73 bits per heavy atom. The van der Waals surface area contributed by atoms with E-state index in [4.69, 9.17) is 4.74 Å². The molecule has 1 saturated carbocycles. The highest BCUT2D eigenvalue weighted by atomic mass is 19.1. The number of benzene rings is 1. The first-order valence-corrected chi connectivity index (χ1v) is 10.6. The Balaban J connectivity index is 1.79. The number of esters is 1. The molecular weight excluding hydrogens is 327 g/mol. The van der Waals surface area contributed by atoms with Crippen LogP contribution >= 0.6 is 0 Å². The molecule has 26 heavy (non-hydrogen) atoms. The highest BCUT2D eigenvalue weighted by Crippen LogP contribution is 2.33. The smallest absolute Gasteiger partial charge is 0.314 e. The molecule has 1 aliphatic rings. The van der Waals surface area contributed by atoms with Crippen LogP contribution in [-0.4, -0.2) is 5.97 Å². The Hall–Kier alpha value is -1.38.